The number of halogens is 1. The minimum atomic E-state index is -4.17. The molecule has 0 aliphatic heterocycles. The Balaban J connectivity index is 2.06. The maximum absolute atomic E-state index is 13.8. The maximum Gasteiger partial charge on any atom is 0.264 e. The standard InChI is InChI=1S/C27H30ClN3O5S/c1-19-9-15-23(16-10-19)37(34,35)31(24-7-5-6-8-25(24)36-4)18-26(32)30(20(2)27(33)29-3)17-21-11-13-22(28)14-12-21/h5-16,20H,17-18H2,1-4H3,(H,29,33)/t20-/m1/s1. The molecule has 0 spiro atoms. The van der Waals surface area contributed by atoms with Gasteiger partial charge < -0.3 is 15.0 Å². The van der Waals surface area contributed by atoms with Gasteiger partial charge in [0.25, 0.3) is 10.0 Å². The summed E-state index contributed by atoms with van der Waals surface area (Å²) in [6.45, 7) is 2.97. The number of ether oxygens (including phenoxy) is 1. The summed E-state index contributed by atoms with van der Waals surface area (Å²) in [5.41, 5.74) is 1.84. The average Bonchev–Trinajstić information content (AvgIpc) is 2.90. The van der Waals surface area contributed by atoms with Gasteiger partial charge in [-0.15, -0.1) is 0 Å². The second kappa shape index (κ2) is 12.1. The first-order valence-corrected chi connectivity index (χ1v) is 13.4. The van der Waals surface area contributed by atoms with Crippen molar-refractivity contribution in [2.45, 2.75) is 31.3 Å². The summed E-state index contributed by atoms with van der Waals surface area (Å²) in [6.07, 6.45) is 0. The van der Waals surface area contributed by atoms with Crippen LogP contribution in [0.15, 0.2) is 77.7 Å². The van der Waals surface area contributed by atoms with Crippen LogP contribution in [0.2, 0.25) is 5.02 Å². The molecule has 0 saturated heterocycles. The van der Waals surface area contributed by atoms with Crippen LogP contribution < -0.4 is 14.4 Å². The number of hydrogen-bond acceptors (Lipinski definition) is 5. The minimum absolute atomic E-state index is 0.0282. The Hall–Kier alpha value is -3.56. The average molecular weight is 544 g/mol. The largest absolute Gasteiger partial charge is 0.495 e. The van der Waals surface area contributed by atoms with Crippen LogP contribution in [0.5, 0.6) is 5.75 Å². The van der Waals surface area contributed by atoms with Crippen LogP contribution in [0.4, 0.5) is 5.69 Å². The van der Waals surface area contributed by atoms with Crippen molar-refractivity contribution in [1.29, 1.82) is 0 Å². The van der Waals surface area contributed by atoms with E-state index < -0.39 is 28.5 Å². The van der Waals surface area contributed by atoms with Gasteiger partial charge in [-0.1, -0.05) is 53.6 Å². The first-order chi connectivity index (χ1) is 17.6. The van der Waals surface area contributed by atoms with E-state index in [0.29, 0.717) is 5.02 Å². The number of sulfonamides is 1. The van der Waals surface area contributed by atoms with Crippen LogP contribution in [0.3, 0.4) is 0 Å². The number of carbonyl (C=O) groups is 2. The molecule has 0 heterocycles. The minimum Gasteiger partial charge on any atom is -0.495 e. The highest BCUT2D eigenvalue weighted by atomic mass is 35.5. The number of rotatable bonds is 10. The molecule has 1 atom stereocenters. The molecular formula is C27H30ClN3O5S. The summed E-state index contributed by atoms with van der Waals surface area (Å²) in [6, 6.07) is 19.0. The quantitative estimate of drug-likeness (QED) is 0.417. The Morgan fingerprint density at radius 1 is 1.00 bits per heavy atom. The molecule has 0 fully saturated rings. The van der Waals surface area contributed by atoms with Crippen LogP contribution in [0.1, 0.15) is 18.1 Å². The Bertz CT molecular complexity index is 1350. The fraction of sp³-hybridized carbons (Fsp3) is 0.259. The Kier molecular flexibility index (Phi) is 9.18. The van der Waals surface area contributed by atoms with E-state index >= 15 is 0 Å². The van der Waals surface area contributed by atoms with E-state index in [2.05, 4.69) is 5.32 Å². The number of hydrogen-bond donors (Lipinski definition) is 1. The second-order valence-electron chi connectivity index (χ2n) is 8.43. The summed E-state index contributed by atoms with van der Waals surface area (Å²) in [4.78, 5) is 27.7. The lowest BCUT2D eigenvalue weighted by atomic mass is 10.1. The van der Waals surface area contributed by atoms with E-state index in [1.807, 2.05) is 6.92 Å². The van der Waals surface area contributed by atoms with E-state index in [0.717, 1.165) is 15.4 Å². The zero-order valence-corrected chi connectivity index (χ0v) is 22.7. The van der Waals surface area contributed by atoms with Crippen molar-refractivity contribution in [1.82, 2.24) is 10.2 Å². The van der Waals surface area contributed by atoms with Crippen molar-refractivity contribution >= 4 is 39.1 Å². The maximum atomic E-state index is 13.8. The Labute approximate surface area is 222 Å². The molecule has 0 aliphatic carbocycles. The van der Waals surface area contributed by atoms with Gasteiger partial charge in [0.2, 0.25) is 11.8 Å². The highest BCUT2D eigenvalue weighted by Gasteiger charge is 2.33. The van der Waals surface area contributed by atoms with Gasteiger partial charge in [-0.2, -0.15) is 0 Å². The lowest BCUT2D eigenvalue weighted by Crippen LogP contribution is -2.50. The summed E-state index contributed by atoms with van der Waals surface area (Å²) in [7, 11) is -1.27. The summed E-state index contributed by atoms with van der Waals surface area (Å²) >= 11 is 6.00. The number of methoxy groups -OCH3 is 1. The molecule has 10 heteroatoms. The van der Waals surface area contributed by atoms with Gasteiger partial charge in [-0.25, -0.2) is 8.42 Å². The predicted molar refractivity (Wildman–Crippen MR) is 144 cm³/mol. The van der Waals surface area contributed by atoms with Crippen LogP contribution in [0.25, 0.3) is 0 Å². The van der Waals surface area contributed by atoms with Crippen LogP contribution in [-0.4, -0.2) is 51.9 Å². The van der Waals surface area contributed by atoms with E-state index in [-0.39, 0.29) is 28.8 Å². The van der Waals surface area contributed by atoms with Crippen molar-refractivity contribution in [2.75, 3.05) is 25.0 Å². The van der Waals surface area contributed by atoms with Gasteiger partial charge in [0.1, 0.15) is 18.3 Å². The fourth-order valence-electron chi connectivity index (χ4n) is 3.76. The van der Waals surface area contributed by atoms with Crippen molar-refractivity contribution in [2.24, 2.45) is 0 Å². The molecule has 0 bridgehead atoms. The molecule has 1 N–H and O–H groups in total. The number of aryl methyl sites for hydroxylation is 1. The normalized spacial score (nSPS) is 11.9. The van der Waals surface area contributed by atoms with Crippen molar-refractivity contribution in [3.8, 4) is 5.75 Å². The molecular weight excluding hydrogens is 514 g/mol. The van der Waals surface area contributed by atoms with Gasteiger partial charge >= 0.3 is 0 Å². The topological polar surface area (TPSA) is 96.0 Å². The third-order valence-corrected chi connectivity index (χ3v) is 7.95. The van der Waals surface area contributed by atoms with Gasteiger partial charge in [0.15, 0.2) is 0 Å². The van der Waals surface area contributed by atoms with E-state index in [1.165, 1.54) is 31.2 Å². The molecule has 0 aromatic heterocycles. The highest BCUT2D eigenvalue weighted by Crippen LogP contribution is 2.32. The van der Waals surface area contributed by atoms with Gasteiger partial charge in [-0.3, -0.25) is 13.9 Å². The third kappa shape index (κ3) is 6.61. The lowest BCUT2D eigenvalue weighted by Gasteiger charge is -2.32. The zero-order valence-electron chi connectivity index (χ0n) is 21.1. The smallest absolute Gasteiger partial charge is 0.264 e. The second-order valence-corrected chi connectivity index (χ2v) is 10.7. The molecule has 3 aromatic carbocycles. The van der Waals surface area contributed by atoms with Crippen molar-refractivity contribution < 1.29 is 22.7 Å². The van der Waals surface area contributed by atoms with Gasteiger partial charge in [-0.05, 0) is 55.8 Å². The molecule has 3 rings (SSSR count). The molecule has 0 radical (unpaired) electrons. The Morgan fingerprint density at radius 2 is 1.62 bits per heavy atom. The zero-order chi connectivity index (χ0) is 27.2. The number of anilines is 1. The van der Waals surface area contributed by atoms with E-state index in [9.17, 15) is 18.0 Å². The van der Waals surface area contributed by atoms with Gasteiger partial charge in [0, 0.05) is 18.6 Å². The number of likely N-dealkylation sites (N-methyl/N-ethyl adjacent to an activating group) is 1. The van der Waals surface area contributed by atoms with E-state index in [1.54, 1.807) is 67.6 Å². The molecule has 196 valence electrons. The summed E-state index contributed by atoms with van der Waals surface area (Å²) < 4.78 is 34.1. The molecule has 0 saturated carbocycles. The third-order valence-electron chi connectivity index (χ3n) is 5.92. The van der Waals surface area contributed by atoms with Crippen LogP contribution in [-0.2, 0) is 26.2 Å². The number of nitrogens with one attached hydrogen (secondary N) is 1. The molecule has 2 amide bonds. The highest BCUT2D eigenvalue weighted by molar-refractivity contribution is 7.92. The number of para-hydroxylation sites is 2. The number of carbonyl (C=O) groups excluding carboxylic acids is 2. The summed E-state index contributed by atoms with van der Waals surface area (Å²) in [5.74, 6) is -0.658. The molecule has 0 unspecified atom stereocenters. The monoisotopic (exact) mass is 543 g/mol. The Morgan fingerprint density at radius 3 is 2.22 bits per heavy atom. The van der Waals surface area contributed by atoms with Crippen molar-refractivity contribution in [3.63, 3.8) is 0 Å². The number of benzene rings is 3. The van der Waals surface area contributed by atoms with Crippen LogP contribution in [0, 0.1) is 6.92 Å². The first kappa shape index (κ1) is 28.0. The van der Waals surface area contributed by atoms with Crippen molar-refractivity contribution in [3.05, 3.63) is 88.9 Å². The first-order valence-electron chi connectivity index (χ1n) is 11.6. The molecule has 8 nitrogen and oxygen atoms in total. The van der Waals surface area contributed by atoms with E-state index in [4.69, 9.17) is 16.3 Å². The molecule has 3 aromatic rings. The van der Waals surface area contributed by atoms with Crippen LogP contribution >= 0.6 is 11.6 Å². The lowest BCUT2D eigenvalue weighted by molar-refractivity contribution is -0.139. The fourth-order valence-corrected chi connectivity index (χ4v) is 5.32. The molecule has 37 heavy (non-hydrogen) atoms. The number of nitrogens with zero attached hydrogens (tertiary/aromatic N) is 2. The molecule has 0 aliphatic rings. The van der Waals surface area contributed by atoms with Gasteiger partial charge in [0.05, 0.1) is 17.7 Å². The number of amides is 2. The predicted octanol–water partition coefficient (Wildman–Crippen LogP) is 4.02. The SMILES string of the molecule is CNC(=O)[C@@H](C)N(Cc1ccc(Cl)cc1)C(=O)CN(c1ccccc1OC)S(=O)(=O)c1ccc(C)cc1. The summed E-state index contributed by atoms with van der Waals surface area (Å²) in [5, 5.41) is 3.09.